The molecule has 0 unspecified atom stereocenters. The van der Waals surface area contributed by atoms with Crippen LogP contribution >= 0.6 is 0 Å². The highest BCUT2D eigenvalue weighted by molar-refractivity contribution is 6.04. The maximum absolute atomic E-state index is 12.5. The van der Waals surface area contributed by atoms with Crippen molar-refractivity contribution in [2.75, 3.05) is 5.32 Å². The van der Waals surface area contributed by atoms with E-state index in [0.29, 0.717) is 11.4 Å². The molecular weight excluding hydrogens is 288 g/mol. The molecule has 2 aromatic carbocycles. The van der Waals surface area contributed by atoms with Gasteiger partial charge in [0.05, 0.1) is 11.4 Å². The van der Waals surface area contributed by atoms with E-state index in [1.54, 1.807) is 4.68 Å². The van der Waals surface area contributed by atoms with Crippen LogP contribution in [0.4, 0.5) is 5.69 Å². The number of anilines is 1. The Kier molecular flexibility index (Phi) is 3.93. The van der Waals surface area contributed by atoms with Crippen LogP contribution in [0, 0.1) is 20.8 Å². The van der Waals surface area contributed by atoms with Crippen molar-refractivity contribution in [3.8, 4) is 5.69 Å². The van der Waals surface area contributed by atoms with Crippen LogP contribution in [0.2, 0.25) is 0 Å². The molecule has 0 aliphatic carbocycles. The lowest BCUT2D eigenvalue weighted by Gasteiger charge is -2.08. The van der Waals surface area contributed by atoms with Crippen molar-refractivity contribution in [1.82, 2.24) is 15.0 Å². The molecule has 3 rings (SSSR count). The highest BCUT2D eigenvalue weighted by Crippen LogP contribution is 2.18. The fourth-order valence-corrected chi connectivity index (χ4v) is 2.41. The SMILES string of the molecule is Cc1ccc(C)c(NC(=O)c2nnn(-c3ccccc3)c2C)c1. The molecule has 0 bridgehead atoms. The summed E-state index contributed by atoms with van der Waals surface area (Å²) in [6.45, 7) is 5.79. The van der Waals surface area contributed by atoms with Gasteiger partial charge in [-0.05, 0) is 50.1 Å². The molecule has 1 N–H and O–H groups in total. The van der Waals surface area contributed by atoms with Crippen LogP contribution in [-0.2, 0) is 0 Å². The number of rotatable bonds is 3. The van der Waals surface area contributed by atoms with Crippen molar-refractivity contribution in [1.29, 1.82) is 0 Å². The third kappa shape index (κ3) is 2.99. The van der Waals surface area contributed by atoms with Gasteiger partial charge in [-0.2, -0.15) is 0 Å². The van der Waals surface area contributed by atoms with Gasteiger partial charge in [0.25, 0.3) is 5.91 Å². The Labute approximate surface area is 135 Å². The minimum Gasteiger partial charge on any atom is -0.320 e. The summed E-state index contributed by atoms with van der Waals surface area (Å²) in [7, 11) is 0. The molecule has 0 fully saturated rings. The van der Waals surface area contributed by atoms with E-state index in [0.717, 1.165) is 22.5 Å². The first-order valence-electron chi connectivity index (χ1n) is 7.42. The summed E-state index contributed by atoms with van der Waals surface area (Å²) in [5.74, 6) is -0.251. The summed E-state index contributed by atoms with van der Waals surface area (Å²) in [6.07, 6.45) is 0. The fraction of sp³-hybridized carbons (Fsp3) is 0.167. The molecule has 1 aromatic heterocycles. The van der Waals surface area contributed by atoms with E-state index in [2.05, 4.69) is 15.6 Å². The van der Waals surface area contributed by atoms with Gasteiger partial charge in [-0.25, -0.2) is 4.68 Å². The molecule has 0 spiro atoms. The molecule has 23 heavy (non-hydrogen) atoms. The molecule has 1 amide bonds. The smallest absolute Gasteiger partial charge is 0.278 e. The third-order valence-corrected chi connectivity index (χ3v) is 3.75. The summed E-state index contributed by atoms with van der Waals surface area (Å²) in [5, 5.41) is 11.1. The highest BCUT2D eigenvalue weighted by atomic mass is 16.2. The number of carbonyl (C=O) groups is 1. The van der Waals surface area contributed by atoms with Gasteiger partial charge in [0.2, 0.25) is 0 Å². The van der Waals surface area contributed by atoms with Crippen LogP contribution in [0.15, 0.2) is 48.5 Å². The van der Waals surface area contributed by atoms with Crippen molar-refractivity contribution < 1.29 is 4.79 Å². The van der Waals surface area contributed by atoms with Gasteiger partial charge in [-0.1, -0.05) is 35.5 Å². The number of amides is 1. The normalized spacial score (nSPS) is 10.6. The summed E-state index contributed by atoms with van der Waals surface area (Å²) < 4.78 is 1.66. The van der Waals surface area contributed by atoms with Gasteiger partial charge < -0.3 is 5.32 Å². The predicted molar refractivity (Wildman–Crippen MR) is 90.0 cm³/mol. The fourth-order valence-electron chi connectivity index (χ4n) is 2.41. The van der Waals surface area contributed by atoms with Gasteiger partial charge in [0, 0.05) is 5.69 Å². The lowest BCUT2D eigenvalue weighted by molar-refractivity contribution is 0.102. The number of hydrogen-bond acceptors (Lipinski definition) is 3. The molecule has 0 saturated heterocycles. The minimum atomic E-state index is -0.251. The van der Waals surface area contributed by atoms with Crippen LogP contribution in [0.5, 0.6) is 0 Å². The van der Waals surface area contributed by atoms with Crippen molar-refractivity contribution in [2.24, 2.45) is 0 Å². The minimum absolute atomic E-state index is 0.251. The van der Waals surface area contributed by atoms with E-state index in [4.69, 9.17) is 0 Å². The van der Waals surface area contributed by atoms with Crippen molar-refractivity contribution in [3.63, 3.8) is 0 Å². The molecule has 3 aromatic rings. The first-order valence-corrected chi connectivity index (χ1v) is 7.42. The molecule has 0 aliphatic rings. The first-order chi connectivity index (χ1) is 11.1. The van der Waals surface area contributed by atoms with Crippen molar-refractivity contribution in [2.45, 2.75) is 20.8 Å². The molecule has 116 valence electrons. The van der Waals surface area contributed by atoms with E-state index >= 15 is 0 Å². The monoisotopic (exact) mass is 306 g/mol. The highest BCUT2D eigenvalue weighted by Gasteiger charge is 2.18. The van der Waals surface area contributed by atoms with Gasteiger partial charge >= 0.3 is 0 Å². The lowest BCUT2D eigenvalue weighted by atomic mass is 10.1. The second kappa shape index (κ2) is 6.04. The first kappa shape index (κ1) is 15.0. The zero-order valence-corrected chi connectivity index (χ0v) is 13.4. The van der Waals surface area contributed by atoms with E-state index in [9.17, 15) is 4.79 Å². The second-order valence-corrected chi connectivity index (χ2v) is 5.54. The number of benzene rings is 2. The molecule has 5 heteroatoms. The van der Waals surface area contributed by atoms with E-state index in [1.165, 1.54) is 0 Å². The number of carbonyl (C=O) groups excluding carboxylic acids is 1. The Morgan fingerprint density at radius 3 is 2.52 bits per heavy atom. The van der Waals surface area contributed by atoms with Crippen LogP contribution in [0.25, 0.3) is 5.69 Å². The quantitative estimate of drug-likeness (QED) is 0.806. The average Bonchev–Trinajstić information content (AvgIpc) is 2.93. The standard InChI is InChI=1S/C18H18N4O/c1-12-9-10-13(2)16(11-12)19-18(23)17-14(3)22(21-20-17)15-7-5-4-6-8-15/h4-11H,1-3H3,(H,19,23). The van der Waals surface area contributed by atoms with Crippen LogP contribution in [0.3, 0.4) is 0 Å². The van der Waals surface area contributed by atoms with Crippen LogP contribution in [0.1, 0.15) is 27.3 Å². The average molecular weight is 306 g/mol. The van der Waals surface area contributed by atoms with Crippen LogP contribution < -0.4 is 5.32 Å². The third-order valence-electron chi connectivity index (χ3n) is 3.75. The number of nitrogens with zero attached hydrogens (tertiary/aromatic N) is 3. The molecular formula is C18H18N4O. The largest absolute Gasteiger partial charge is 0.320 e. The van der Waals surface area contributed by atoms with E-state index in [-0.39, 0.29) is 5.91 Å². The van der Waals surface area contributed by atoms with E-state index in [1.807, 2.05) is 69.3 Å². The summed E-state index contributed by atoms with van der Waals surface area (Å²) >= 11 is 0. The molecule has 0 saturated carbocycles. The Hall–Kier alpha value is -2.95. The summed E-state index contributed by atoms with van der Waals surface area (Å²) in [6, 6.07) is 15.6. The Bertz CT molecular complexity index is 853. The van der Waals surface area contributed by atoms with Crippen molar-refractivity contribution >= 4 is 11.6 Å². The van der Waals surface area contributed by atoms with Gasteiger partial charge in [-0.15, -0.1) is 5.10 Å². The maximum Gasteiger partial charge on any atom is 0.278 e. The number of hydrogen-bond donors (Lipinski definition) is 1. The number of nitrogens with one attached hydrogen (secondary N) is 1. The zero-order chi connectivity index (χ0) is 16.4. The van der Waals surface area contributed by atoms with Gasteiger partial charge in [0.15, 0.2) is 5.69 Å². The number of aromatic nitrogens is 3. The summed E-state index contributed by atoms with van der Waals surface area (Å²) in [5.41, 5.74) is 4.81. The maximum atomic E-state index is 12.5. The molecule has 5 nitrogen and oxygen atoms in total. The Balaban J connectivity index is 1.89. The van der Waals surface area contributed by atoms with Gasteiger partial charge in [-0.3, -0.25) is 4.79 Å². The van der Waals surface area contributed by atoms with E-state index < -0.39 is 0 Å². The molecule has 0 radical (unpaired) electrons. The van der Waals surface area contributed by atoms with Gasteiger partial charge in [0.1, 0.15) is 0 Å². The number of aryl methyl sites for hydroxylation is 2. The number of para-hydroxylation sites is 1. The lowest BCUT2D eigenvalue weighted by Crippen LogP contribution is -2.15. The predicted octanol–water partition coefficient (Wildman–Crippen LogP) is 3.44. The Morgan fingerprint density at radius 2 is 1.78 bits per heavy atom. The van der Waals surface area contributed by atoms with Crippen LogP contribution in [-0.4, -0.2) is 20.9 Å². The van der Waals surface area contributed by atoms with Crippen molar-refractivity contribution in [3.05, 3.63) is 71.0 Å². The molecule has 0 atom stereocenters. The molecule has 0 aliphatic heterocycles. The Morgan fingerprint density at radius 1 is 1.04 bits per heavy atom. The zero-order valence-electron chi connectivity index (χ0n) is 13.4. The molecule has 1 heterocycles. The summed E-state index contributed by atoms with van der Waals surface area (Å²) in [4.78, 5) is 12.5. The second-order valence-electron chi connectivity index (χ2n) is 5.54. The topological polar surface area (TPSA) is 59.8 Å².